The fourth-order valence-corrected chi connectivity index (χ4v) is 1.77. The van der Waals surface area contributed by atoms with Crippen LogP contribution in [0.5, 0.6) is 5.75 Å². The first-order valence-electron chi connectivity index (χ1n) is 5.44. The number of benzene rings is 1. The third kappa shape index (κ3) is 4.72. The van der Waals surface area contributed by atoms with Gasteiger partial charge in [0.25, 0.3) is 5.91 Å². The molecule has 4 nitrogen and oxygen atoms in total. The first-order chi connectivity index (χ1) is 8.54. The zero-order chi connectivity index (χ0) is 13.5. The molecule has 0 fully saturated rings. The minimum atomic E-state index is -0.252. The van der Waals surface area contributed by atoms with E-state index in [1.807, 2.05) is 0 Å². The highest BCUT2D eigenvalue weighted by molar-refractivity contribution is 6.32. The second kappa shape index (κ2) is 7.46. The third-order valence-electron chi connectivity index (χ3n) is 2.30. The summed E-state index contributed by atoms with van der Waals surface area (Å²) in [5.74, 6) is -0.299. The van der Waals surface area contributed by atoms with Gasteiger partial charge < -0.3 is 15.2 Å². The van der Waals surface area contributed by atoms with Crippen molar-refractivity contribution in [3.05, 3.63) is 28.8 Å². The molecule has 0 saturated heterocycles. The van der Waals surface area contributed by atoms with Crippen molar-refractivity contribution >= 4 is 29.1 Å². The molecule has 1 atom stereocenters. The van der Waals surface area contributed by atoms with Crippen molar-refractivity contribution in [1.29, 1.82) is 0 Å². The highest BCUT2D eigenvalue weighted by Crippen LogP contribution is 2.23. The molecule has 0 heterocycles. The number of alkyl halides is 1. The number of ether oxygens (including phenoxy) is 1. The van der Waals surface area contributed by atoms with Crippen LogP contribution in [0.25, 0.3) is 0 Å². The van der Waals surface area contributed by atoms with Crippen LogP contribution in [0.1, 0.15) is 16.8 Å². The minimum Gasteiger partial charge on any atom is -0.506 e. The van der Waals surface area contributed by atoms with E-state index in [1.165, 1.54) is 18.2 Å². The number of rotatable bonds is 6. The van der Waals surface area contributed by atoms with E-state index in [9.17, 15) is 9.90 Å². The van der Waals surface area contributed by atoms with Crippen molar-refractivity contribution < 1.29 is 14.6 Å². The number of halogens is 2. The number of amides is 1. The Morgan fingerprint density at radius 3 is 2.89 bits per heavy atom. The van der Waals surface area contributed by atoms with Crippen LogP contribution in [-0.4, -0.2) is 36.7 Å². The lowest BCUT2D eigenvalue weighted by atomic mass is 10.2. The Bertz CT molecular complexity index is 412. The number of hydrogen-bond acceptors (Lipinski definition) is 3. The van der Waals surface area contributed by atoms with Gasteiger partial charge in [0.05, 0.1) is 17.0 Å². The first kappa shape index (κ1) is 15.1. The van der Waals surface area contributed by atoms with Gasteiger partial charge in [-0.15, -0.1) is 11.6 Å². The van der Waals surface area contributed by atoms with Crippen LogP contribution in [0.15, 0.2) is 18.2 Å². The molecule has 0 aliphatic heterocycles. The molecule has 2 N–H and O–H groups in total. The lowest BCUT2D eigenvalue weighted by molar-refractivity contribution is 0.0951. The fraction of sp³-hybridized carbons (Fsp3) is 0.417. The standard InChI is InChI=1S/C12H15Cl2NO3/c1-18-7-9(13)4-5-15-12(17)8-2-3-11(16)10(14)6-8/h2-3,6,9,16H,4-5,7H2,1H3,(H,15,17). The van der Waals surface area contributed by atoms with Crippen molar-refractivity contribution in [2.45, 2.75) is 11.8 Å². The molecule has 0 radical (unpaired) electrons. The topological polar surface area (TPSA) is 58.6 Å². The number of aromatic hydroxyl groups is 1. The summed E-state index contributed by atoms with van der Waals surface area (Å²) in [5.41, 5.74) is 0.399. The molecule has 0 aromatic heterocycles. The van der Waals surface area contributed by atoms with Crippen molar-refractivity contribution in [2.24, 2.45) is 0 Å². The van der Waals surface area contributed by atoms with Crippen LogP contribution in [0, 0.1) is 0 Å². The maximum absolute atomic E-state index is 11.7. The number of hydrogen-bond donors (Lipinski definition) is 2. The summed E-state index contributed by atoms with van der Waals surface area (Å²) in [7, 11) is 1.58. The first-order valence-corrected chi connectivity index (χ1v) is 6.25. The van der Waals surface area contributed by atoms with E-state index in [2.05, 4.69) is 5.32 Å². The number of nitrogens with one attached hydrogen (secondary N) is 1. The number of phenolic OH excluding ortho intramolecular Hbond substituents is 1. The van der Waals surface area contributed by atoms with Gasteiger partial charge in [0.2, 0.25) is 0 Å². The van der Waals surface area contributed by atoms with Crippen molar-refractivity contribution in [3.8, 4) is 5.75 Å². The van der Waals surface area contributed by atoms with Crippen LogP contribution in [0.2, 0.25) is 5.02 Å². The van der Waals surface area contributed by atoms with Gasteiger partial charge in [-0.25, -0.2) is 0 Å². The summed E-state index contributed by atoms with van der Waals surface area (Å²) < 4.78 is 4.88. The van der Waals surface area contributed by atoms with E-state index >= 15 is 0 Å². The predicted octanol–water partition coefficient (Wildman–Crippen LogP) is 2.42. The third-order valence-corrected chi connectivity index (χ3v) is 2.95. The van der Waals surface area contributed by atoms with Crippen LogP contribution in [0.4, 0.5) is 0 Å². The Morgan fingerprint density at radius 2 is 2.28 bits per heavy atom. The highest BCUT2D eigenvalue weighted by atomic mass is 35.5. The summed E-state index contributed by atoms with van der Waals surface area (Å²) in [6.45, 7) is 0.900. The van der Waals surface area contributed by atoms with Gasteiger partial charge in [-0.2, -0.15) is 0 Å². The molecule has 1 amide bonds. The molecular formula is C12H15Cl2NO3. The predicted molar refractivity (Wildman–Crippen MR) is 71.6 cm³/mol. The monoisotopic (exact) mass is 291 g/mol. The zero-order valence-electron chi connectivity index (χ0n) is 9.95. The average Bonchev–Trinajstić information content (AvgIpc) is 2.33. The molecule has 1 aromatic carbocycles. The highest BCUT2D eigenvalue weighted by Gasteiger charge is 2.09. The summed E-state index contributed by atoms with van der Waals surface area (Å²) >= 11 is 11.6. The van der Waals surface area contributed by atoms with Gasteiger partial charge in [-0.1, -0.05) is 11.6 Å². The molecule has 1 unspecified atom stereocenters. The number of carbonyl (C=O) groups is 1. The lowest BCUT2D eigenvalue weighted by Crippen LogP contribution is -2.27. The van der Waals surface area contributed by atoms with E-state index in [-0.39, 0.29) is 22.1 Å². The molecule has 6 heteroatoms. The molecule has 0 bridgehead atoms. The van der Waals surface area contributed by atoms with Gasteiger partial charge in [0, 0.05) is 19.2 Å². The van der Waals surface area contributed by atoms with Gasteiger partial charge in [0.1, 0.15) is 5.75 Å². The Morgan fingerprint density at radius 1 is 1.56 bits per heavy atom. The van der Waals surface area contributed by atoms with Gasteiger partial charge in [-0.3, -0.25) is 4.79 Å². The quantitative estimate of drug-likeness (QED) is 0.792. The van der Waals surface area contributed by atoms with Gasteiger partial charge >= 0.3 is 0 Å². The Balaban J connectivity index is 2.43. The van der Waals surface area contributed by atoms with E-state index in [0.717, 1.165) is 0 Å². The summed E-state index contributed by atoms with van der Waals surface area (Å²) in [6, 6.07) is 4.30. The molecule has 0 saturated carbocycles. The van der Waals surface area contributed by atoms with Gasteiger partial charge in [-0.05, 0) is 24.6 Å². The largest absolute Gasteiger partial charge is 0.506 e. The molecular weight excluding hydrogens is 277 g/mol. The molecule has 100 valence electrons. The maximum Gasteiger partial charge on any atom is 0.251 e. The minimum absolute atomic E-state index is 0.0471. The average molecular weight is 292 g/mol. The van der Waals surface area contributed by atoms with E-state index in [1.54, 1.807) is 7.11 Å². The molecule has 0 aliphatic rings. The molecule has 18 heavy (non-hydrogen) atoms. The van der Waals surface area contributed by atoms with Gasteiger partial charge in [0.15, 0.2) is 0 Å². The number of phenols is 1. The molecule has 1 aromatic rings. The maximum atomic E-state index is 11.7. The van der Waals surface area contributed by atoms with Crippen molar-refractivity contribution in [3.63, 3.8) is 0 Å². The summed E-state index contributed by atoms with van der Waals surface area (Å²) in [5, 5.41) is 12.0. The SMILES string of the molecule is COCC(Cl)CCNC(=O)c1ccc(O)c(Cl)c1. The smallest absolute Gasteiger partial charge is 0.251 e. The molecule has 0 spiro atoms. The van der Waals surface area contributed by atoms with Crippen LogP contribution in [-0.2, 0) is 4.74 Å². The summed E-state index contributed by atoms with van der Waals surface area (Å²) in [4.78, 5) is 11.7. The Kier molecular flexibility index (Phi) is 6.25. The fourth-order valence-electron chi connectivity index (χ4n) is 1.36. The summed E-state index contributed by atoms with van der Waals surface area (Å²) in [6.07, 6.45) is 0.618. The number of carbonyl (C=O) groups excluding carboxylic acids is 1. The second-order valence-corrected chi connectivity index (χ2v) is 4.79. The normalized spacial score (nSPS) is 12.2. The van der Waals surface area contributed by atoms with Crippen molar-refractivity contribution in [1.82, 2.24) is 5.32 Å². The molecule has 0 aliphatic carbocycles. The second-order valence-electron chi connectivity index (χ2n) is 3.76. The van der Waals surface area contributed by atoms with Crippen LogP contribution in [0.3, 0.4) is 0 Å². The van der Waals surface area contributed by atoms with E-state index in [0.29, 0.717) is 25.1 Å². The van der Waals surface area contributed by atoms with Crippen LogP contribution < -0.4 is 5.32 Å². The number of methoxy groups -OCH3 is 1. The van der Waals surface area contributed by atoms with E-state index in [4.69, 9.17) is 27.9 Å². The Hall–Kier alpha value is -0.970. The Labute approximate surface area is 116 Å². The zero-order valence-corrected chi connectivity index (χ0v) is 11.5. The van der Waals surface area contributed by atoms with Crippen LogP contribution >= 0.6 is 23.2 Å². The van der Waals surface area contributed by atoms with E-state index < -0.39 is 0 Å². The lowest BCUT2D eigenvalue weighted by Gasteiger charge is -2.09. The van der Waals surface area contributed by atoms with Crippen molar-refractivity contribution in [2.75, 3.05) is 20.3 Å². The molecule has 1 rings (SSSR count).